The number of unbranched alkanes of at least 4 members (excludes halogenated alkanes) is 1. The summed E-state index contributed by atoms with van der Waals surface area (Å²) in [4.78, 5) is 18.2. The molecule has 88 valence electrons. The largest absolute Gasteiger partial charge is 0.393 e. The number of anilines is 2. The average Bonchev–Trinajstić information content (AvgIpc) is 2.23. The number of carbonyl (C=O) groups is 1. The Kier molecular flexibility index (Phi) is 4.78. The SMILES string of the molecule is NC(=O)CCCCNc1ncnc(Cl)c1N. The number of hydrogen-bond acceptors (Lipinski definition) is 5. The number of nitrogens with two attached hydrogens (primary N) is 2. The molecule has 6 nitrogen and oxygen atoms in total. The molecule has 0 bridgehead atoms. The molecule has 0 aliphatic carbocycles. The summed E-state index contributed by atoms with van der Waals surface area (Å²) >= 11 is 5.72. The smallest absolute Gasteiger partial charge is 0.217 e. The highest BCUT2D eigenvalue weighted by molar-refractivity contribution is 6.32. The lowest BCUT2D eigenvalue weighted by molar-refractivity contribution is -0.118. The second-order valence-corrected chi connectivity index (χ2v) is 3.63. The molecule has 0 aliphatic rings. The van der Waals surface area contributed by atoms with Crippen LogP contribution in [-0.2, 0) is 4.79 Å². The monoisotopic (exact) mass is 243 g/mol. The van der Waals surface area contributed by atoms with Crippen molar-refractivity contribution in [1.29, 1.82) is 0 Å². The highest BCUT2D eigenvalue weighted by Gasteiger charge is 2.04. The Bertz CT molecular complexity index is 371. The van der Waals surface area contributed by atoms with Gasteiger partial charge in [-0.1, -0.05) is 11.6 Å². The summed E-state index contributed by atoms with van der Waals surface area (Å²) in [6.45, 7) is 0.658. The van der Waals surface area contributed by atoms with E-state index in [2.05, 4.69) is 15.3 Å². The fourth-order valence-electron chi connectivity index (χ4n) is 1.15. The van der Waals surface area contributed by atoms with Gasteiger partial charge in [0, 0.05) is 13.0 Å². The molecule has 1 heterocycles. The molecule has 0 radical (unpaired) electrons. The van der Waals surface area contributed by atoms with E-state index < -0.39 is 0 Å². The molecule has 1 aromatic rings. The van der Waals surface area contributed by atoms with E-state index in [0.717, 1.165) is 12.8 Å². The zero-order valence-corrected chi connectivity index (χ0v) is 9.50. The number of carbonyl (C=O) groups excluding carboxylic acids is 1. The molecule has 0 atom stereocenters. The van der Waals surface area contributed by atoms with Gasteiger partial charge in [-0.15, -0.1) is 0 Å². The third-order valence-corrected chi connectivity index (χ3v) is 2.28. The fourth-order valence-corrected chi connectivity index (χ4v) is 1.28. The van der Waals surface area contributed by atoms with Crippen LogP contribution in [0.3, 0.4) is 0 Å². The van der Waals surface area contributed by atoms with Crippen molar-refractivity contribution in [2.75, 3.05) is 17.6 Å². The predicted octanol–water partition coefficient (Wildman–Crippen LogP) is 0.780. The third kappa shape index (κ3) is 3.90. The lowest BCUT2D eigenvalue weighted by Crippen LogP contribution is -2.11. The Morgan fingerprint density at radius 3 is 2.88 bits per heavy atom. The summed E-state index contributed by atoms with van der Waals surface area (Å²) in [5.74, 6) is 0.226. The summed E-state index contributed by atoms with van der Waals surface area (Å²) in [6.07, 6.45) is 3.27. The van der Waals surface area contributed by atoms with Crippen molar-refractivity contribution >= 4 is 29.0 Å². The van der Waals surface area contributed by atoms with E-state index in [1.165, 1.54) is 6.33 Å². The molecule has 1 amide bonds. The number of nitrogen functional groups attached to an aromatic ring is 1. The van der Waals surface area contributed by atoms with Gasteiger partial charge in [-0.05, 0) is 12.8 Å². The summed E-state index contributed by atoms with van der Waals surface area (Å²) in [7, 11) is 0. The highest BCUT2D eigenvalue weighted by Crippen LogP contribution is 2.21. The van der Waals surface area contributed by atoms with Gasteiger partial charge in [-0.2, -0.15) is 0 Å². The van der Waals surface area contributed by atoms with Crippen LogP contribution in [-0.4, -0.2) is 22.4 Å². The van der Waals surface area contributed by atoms with Gasteiger partial charge in [0.05, 0.1) is 0 Å². The number of primary amides is 1. The Morgan fingerprint density at radius 1 is 1.44 bits per heavy atom. The number of halogens is 1. The van der Waals surface area contributed by atoms with Crippen LogP contribution in [0, 0.1) is 0 Å². The molecule has 0 saturated carbocycles. The second-order valence-electron chi connectivity index (χ2n) is 3.28. The van der Waals surface area contributed by atoms with Crippen molar-refractivity contribution < 1.29 is 4.79 Å². The molecule has 0 unspecified atom stereocenters. The van der Waals surface area contributed by atoms with E-state index in [9.17, 15) is 4.79 Å². The van der Waals surface area contributed by atoms with E-state index in [1.54, 1.807) is 0 Å². The fraction of sp³-hybridized carbons (Fsp3) is 0.444. The molecule has 0 aliphatic heterocycles. The number of aromatic nitrogens is 2. The van der Waals surface area contributed by atoms with Gasteiger partial charge in [-0.25, -0.2) is 9.97 Å². The molecule has 0 aromatic carbocycles. The maximum Gasteiger partial charge on any atom is 0.217 e. The van der Waals surface area contributed by atoms with Crippen LogP contribution in [0.25, 0.3) is 0 Å². The van der Waals surface area contributed by atoms with Crippen LogP contribution in [0.4, 0.5) is 11.5 Å². The molecule has 0 spiro atoms. The van der Waals surface area contributed by atoms with E-state index in [-0.39, 0.29) is 11.1 Å². The molecular weight excluding hydrogens is 230 g/mol. The minimum atomic E-state index is -0.287. The maximum absolute atomic E-state index is 10.5. The van der Waals surface area contributed by atoms with Crippen LogP contribution in [0.2, 0.25) is 5.15 Å². The van der Waals surface area contributed by atoms with Crippen molar-refractivity contribution in [2.45, 2.75) is 19.3 Å². The molecule has 7 heteroatoms. The minimum absolute atomic E-state index is 0.231. The maximum atomic E-state index is 10.5. The second kappa shape index (κ2) is 6.12. The van der Waals surface area contributed by atoms with Crippen molar-refractivity contribution in [2.24, 2.45) is 5.73 Å². The van der Waals surface area contributed by atoms with E-state index in [1.807, 2.05) is 0 Å². The van der Waals surface area contributed by atoms with E-state index in [0.29, 0.717) is 24.5 Å². The Balaban J connectivity index is 2.32. The quantitative estimate of drug-likeness (QED) is 0.506. The minimum Gasteiger partial charge on any atom is -0.393 e. The van der Waals surface area contributed by atoms with Crippen LogP contribution in [0.1, 0.15) is 19.3 Å². The zero-order valence-electron chi connectivity index (χ0n) is 8.74. The topological polar surface area (TPSA) is 107 Å². The molecule has 1 aromatic heterocycles. The van der Waals surface area contributed by atoms with E-state index in [4.69, 9.17) is 23.1 Å². The van der Waals surface area contributed by atoms with Crippen LogP contribution in [0.15, 0.2) is 6.33 Å². The summed E-state index contributed by atoms with van der Waals surface area (Å²) in [5.41, 5.74) is 11.0. The summed E-state index contributed by atoms with van der Waals surface area (Å²) in [5, 5.41) is 3.25. The van der Waals surface area contributed by atoms with Crippen molar-refractivity contribution in [3.05, 3.63) is 11.5 Å². The average molecular weight is 244 g/mol. The van der Waals surface area contributed by atoms with E-state index >= 15 is 0 Å². The molecule has 5 N–H and O–H groups in total. The summed E-state index contributed by atoms with van der Waals surface area (Å²) in [6, 6.07) is 0. The number of nitrogens with one attached hydrogen (secondary N) is 1. The number of hydrogen-bond donors (Lipinski definition) is 3. The normalized spacial score (nSPS) is 10.1. The van der Waals surface area contributed by atoms with Gasteiger partial charge in [0.25, 0.3) is 0 Å². The predicted molar refractivity (Wildman–Crippen MR) is 63.0 cm³/mol. The van der Waals surface area contributed by atoms with Crippen LogP contribution >= 0.6 is 11.6 Å². The van der Waals surface area contributed by atoms with Gasteiger partial charge in [-0.3, -0.25) is 4.79 Å². The molecule has 0 saturated heterocycles. The van der Waals surface area contributed by atoms with Crippen LogP contribution in [0.5, 0.6) is 0 Å². The first-order chi connectivity index (χ1) is 7.61. The first-order valence-electron chi connectivity index (χ1n) is 4.89. The van der Waals surface area contributed by atoms with Crippen molar-refractivity contribution in [1.82, 2.24) is 9.97 Å². The lowest BCUT2D eigenvalue weighted by atomic mass is 10.2. The first-order valence-corrected chi connectivity index (χ1v) is 5.27. The Labute approximate surface area is 98.4 Å². The van der Waals surface area contributed by atoms with Crippen molar-refractivity contribution in [3.8, 4) is 0 Å². The van der Waals surface area contributed by atoms with Crippen LogP contribution < -0.4 is 16.8 Å². The van der Waals surface area contributed by atoms with Gasteiger partial charge in [0.15, 0.2) is 11.0 Å². The number of rotatable bonds is 6. The number of nitrogens with zero attached hydrogens (tertiary/aromatic N) is 2. The molecular formula is C9H14ClN5O. The molecule has 1 rings (SSSR count). The molecule has 0 fully saturated rings. The van der Waals surface area contributed by atoms with Crippen molar-refractivity contribution in [3.63, 3.8) is 0 Å². The Morgan fingerprint density at radius 2 is 2.19 bits per heavy atom. The standard InChI is InChI=1S/C9H14ClN5O/c10-8-7(12)9(15-5-14-8)13-4-2-1-3-6(11)16/h5H,1-4,12H2,(H2,11,16)(H,13,14,15). The number of amides is 1. The first kappa shape index (κ1) is 12.5. The van der Waals surface area contributed by atoms with Gasteiger partial charge in [0.1, 0.15) is 12.0 Å². The molecule has 16 heavy (non-hydrogen) atoms. The highest BCUT2D eigenvalue weighted by atomic mass is 35.5. The van der Waals surface area contributed by atoms with Gasteiger partial charge >= 0.3 is 0 Å². The lowest BCUT2D eigenvalue weighted by Gasteiger charge is -2.07. The third-order valence-electron chi connectivity index (χ3n) is 1.98. The summed E-state index contributed by atoms with van der Waals surface area (Å²) < 4.78 is 0. The Hall–Kier alpha value is -1.56. The van der Waals surface area contributed by atoms with Gasteiger partial charge in [0.2, 0.25) is 5.91 Å². The zero-order chi connectivity index (χ0) is 12.0. The van der Waals surface area contributed by atoms with Gasteiger partial charge < -0.3 is 16.8 Å².